The first-order chi connectivity index (χ1) is 16.0. The van der Waals surface area contributed by atoms with E-state index < -0.39 is 0 Å². The molecule has 0 bridgehead atoms. The van der Waals surface area contributed by atoms with E-state index >= 15 is 0 Å². The Morgan fingerprint density at radius 3 is 2.39 bits per heavy atom. The van der Waals surface area contributed by atoms with Crippen molar-refractivity contribution < 1.29 is 18.7 Å². The first kappa shape index (κ1) is 21.8. The number of anilines is 2. The van der Waals surface area contributed by atoms with Gasteiger partial charge in [0, 0.05) is 29.4 Å². The molecule has 4 rings (SSSR count). The summed E-state index contributed by atoms with van der Waals surface area (Å²) in [5.41, 5.74) is 3.23. The van der Waals surface area contributed by atoms with E-state index in [0.717, 1.165) is 5.56 Å². The Morgan fingerprint density at radius 1 is 0.909 bits per heavy atom. The molecule has 33 heavy (non-hydrogen) atoms. The third-order valence-electron chi connectivity index (χ3n) is 4.85. The summed E-state index contributed by atoms with van der Waals surface area (Å²) in [6.45, 7) is 3.34. The van der Waals surface area contributed by atoms with Crippen LogP contribution in [0.3, 0.4) is 0 Å². The van der Waals surface area contributed by atoms with Gasteiger partial charge in [-0.25, -0.2) is 0 Å². The Bertz CT molecular complexity index is 1270. The molecular weight excluding hydrogens is 420 g/mol. The number of aromatic nitrogens is 2. The number of nitrogens with one attached hydrogen (secondary N) is 2. The number of amides is 2. The molecule has 1 heterocycles. The van der Waals surface area contributed by atoms with Gasteiger partial charge >= 0.3 is 0 Å². The molecule has 0 radical (unpaired) electrons. The molecule has 4 aromatic rings. The van der Waals surface area contributed by atoms with E-state index in [9.17, 15) is 9.59 Å². The minimum Gasteiger partial charge on any atom is -0.484 e. The first-order valence-electron chi connectivity index (χ1n) is 10.3. The zero-order valence-electron chi connectivity index (χ0n) is 18.2. The maximum absolute atomic E-state index is 12.7. The Hall–Kier alpha value is -4.46. The van der Waals surface area contributed by atoms with Crippen LogP contribution in [0.2, 0.25) is 0 Å². The monoisotopic (exact) mass is 442 g/mol. The Morgan fingerprint density at radius 2 is 1.67 bits per heavy atom. The van der Waals surface area contributed by atoms with E-state index in [2.05, 4.69) is 20.8 Å². The van der Waals surface area contributed by atoms with Gasteiger partial charge in [0.1, 0.15) is 5.75 Å². The van der Waals surface area contributed by atoms with Gasteiger partial charge < -0.3 is 19.8 Å². The van der Waals surface area contributed by atoms with Crippen molar-refractivity contribution in [3.8, 4) is 17.2 Å². The third kappa shape index (κ3) is 5.43. The number of nitrogens with zero attached hydrogens (tertiary/aromatic N) is 2. The van der Waals surface area contributed by atoms with Crippen LogP contribution < -0.4 is 15.4 Å². The zero-order valence-corrected chi connectivity index (χ0v) is 18.2. The van der Waals surface area contributed by atoms with Crippen molar-refractivity contribution in [3.63, 3.8) is 0 Å². The molecule has 1 aromatic heterocycles. The van der Waals surface area contributed by atoms with E-state index in [-0.39, 0.29) is 18.4 Å². The second-order valence-corrected chi connectivity index (χ2v) is 7.29. The Balaban J connectivity index is 1.36. The summed E-state index contributed by atoms with van der Waals surface area (Å²) < 4.78 is 11.3. The lowest BCUT2D eigenvalue weighted by Crippen LogP contribution is -2.15. The van der Waals surface area contributed by atoms with Gasteiger partial charge in [-0.1, -0.05) is 24.3 Å². The fraction of sp³-hybridized carbons (Fsp3) is 0.120. The average Bonchev–Trinajstić information content (AvgIpc) is 3.29. The largest absolute Gasteiger partial charge is 0.484 e. The van der Waals surface area contributed by atoms with E-state index in [0.29, 0.717) is 40.0 Å². The van der Waals surface area contributed by atoms with Crippen LogP contribution in [0.15, 0.2) is 77.2 Å². The van der Waals surface area contributed by atoms with Crippen LogP contribution >= 0.6 is 0 Å². The molecule has 2 N–H and O–H groups in total. The zero-order chi connectivity index (χ0) is 23.2. The average molecular weight is 442 g/mol. The first-order valence-corrected chi connectivity index (χ1v) is 10.3. The van der Waals surface area contributed by atoms with Gasteiger partial charge in [0.2, 0.25) is 11.8 Å². The van der Waals surface area contributed by atoms with Crippen molar-refractivity contribution in [1.82, 2.24) is 10.2 Å². The van der Waals surface area contributed by atoms with Crippen LogP contribution in [0.4, 0.5) is 11.4 Å². The van der Waals surface area contributed by atoms with Gasteiger partial charge in [-0.3, -0.25) is 9.59 Å². The fourth-order valence-corrected chi connectivity index (χ4v) is 3.19. The number of hydrogen-bond donors (Lipinski definition) is 2. The highest BCUT2D eigenvalue weighted by Crippen LogP contribution is 2.22. The van der Waals surface area contributed by atoms with Gasteiger partial charge in [-0.05, 0) is 61.0 Å². The second kappa shape index (κ2) is 9.78. The van der Waals surface area contributed by atoms with Crippen molar-refractivity contribution in [2.24, 2.45) is 0 Å². The molecule has 0 unspecified atom stereocenters. The highest BCUT2D eigenvalue weighted by molar-refractivity contribution is 6.06. The molecule has 0 aliphatic rings. The predicted molar refractivity (Wildman–Crippen MR) is 124 cm³/mol. The summed E-state index contributed by atoms with van der Waals surface area (Å²) in [5.74, 6) is 0.929. The minimum absolute atomic E-state index is 0.126. The number of ether oxygens (including phenoxy) is 1. The summed E-state index contributed by atoms with van der Waals surface area (Å²) in [5, 5.41) is 13.6. The highest BCUT2D eigenvalue weighted by Gasteiger charge is 2.13. The van der Waals surface area contributed by atoms with E-state index in [4.69, 9.17) is 9.15 Å². The Labute approximate surface area is 190 Å². The predicted octanol–water partition coefficient (Wildman–Crippen LogP) is 4.83. The van der Waals surface area contributed by atoms with Crippen LogP contribution in [0.1, 0.15) is 28.7 Å². The Kier molecular flexibility index (Phi) is 6.45. The van der Waals surface area contributed by atoms with Crippen LogP contribution in [-0.2, 0) is 11.4 Å². The van der Waals surface area contributed by atoms with Crippen LogP contribution in [0.5, 0.6) is 5.75 Å². The molecule has 8 nitrogen and oxygen atoms in total. The number of benzene rings is 3. The van der Waals surface area contributed by atoms with Crippen molar-refractivity contribution in [2.45, 2.75) is 20.5 Å². The van der Waals surface area contributed by atoms with Gasteiger partial charge in [0.25, 0.3) is 11.8 Å². The van der Waals surface area contributed by atoms with Gasteiger partial charge in [0.05, 0.1) is 0 Å². The molecule has 3 aromatic carbocycles. The van der Waals surface area contributed by atoms with E-state index in [1.807, 2.05) is 30.3 Å². The molecule has 0 spiro atoms. The number of rotatable bonds is 7. The van der Waals surface area contributed by atoms with Crippen molar-refractivity contribution in [1.29, 1.82) is 0 Å². The van der Waals surface area contributed by atoms with Crippen molar-refractivity contribution in [2.75, 3.05) is 10.6 Å². The molecule has 0 atom stereocenters. The maximum atomic E-state index is 12.7. The van der Waals surface area contributed by atoms with Crippen LogP contribution in [-0.4, -0.2) is 22.0 Å². The van der Waals surface area contributed by atoms with Crippen molar-refractivity contribution in [3.05, 3.63) is 89.8 Å². The summed E-state index contributed by atoms with van der Waals surface area (Å²) in [6.07, 6.45) is 0. The summed E-state index contributed by atoms with van der Waals surface area (Å²) in [7, 11) is 0. The maximum Gasteiger partial charge on any atom is 0.256 e. The van der Waals surface area contributed by atoms with Gasteiger partial charge in [0.15, 0.2) is 6.61 Å². The van der Waals surface area contributed by atoms with Crippen LogP contribution in [0.25, 0.3) is 11.5 Å². The molecule has 0 aliphatic carbocycles. The number of hydrogen-bond acceptors (Lipinski definition) is 6. The standard InChI is InChI=1S/C25H22N4O4/c1-16-21(9-6-10-22(16)26-17(2)30)24(31)27-19-11-13-20(14-12-19)32-15-23-28-29-25(33-23)18-7-4-3-5-8-18/h3-14H,15H2,1-2H3,(H,26,30)(H,27,31). The molecule has 0 fully saturated rings. The lowest BCUT2D eigenvalue weighted by molar-refractivity contribution is -0.114. The third-order valence-corrected chi connectivity index (χ3v) is 4.85. The molecule has 166 valence electrons. The lowest BCUT2D eigenvalue weighted by Gasteiger charge is -2.12. The molecule has 0 saturated carbocycles. The van der Waals surface area contributed by atoms with Crippen LogP contribution in [0, 0.1) is 6.92 Å². The SMILES string of the molecule is CC(=O)Nc1cccc(C(=O)Nc2ccc(OCc3nnc(-c4ccccc4)o3)cc2)c1C. The summed E-state index contributed by atoms with van der Waals surface area (Å²) in [6, 6.07) is 21.7. The van der Waals surface area contributed by atoms with Gasteiger partial charge in [-0.2, -0.15) is 0 Å². The highest BCUT2D eigenvalue weighted by atomic mass is 16.5. The fourth-order valence-electron chi connectivity index (χ4n) is 3.19. The minimum atomic E-state index is -0.271. The molecule has 0 aliphatic heterocycles. The van der Waals surface area contributed by atoms with E-state index in [1.165, 1.54) is 6.92 Å². The quantitative estimate of drug-likeness (QED) is 0.424. The molecule has 2 amide bonds. The molecule has 0 saturated heterocycles. The number of carbonyl (C=O) groups is 2. The summed E-state index contributed by atoms with van der Waals surface area (Å²) in [4.78, 5) is 24.0. The lowest BCUT2D eigenvalue weighted by atomic mass is 10.1. The van der Waals surface area contributed by atoms with Crippen molar-refractivity contribution >= 4 is 23.2 Å². The molecule has 8 heteroatoms. The van der Waals surface area contributed by atoms with Gasteiger partial charge in [-0.15, -0.1) is 10.2 Å². The normalized spacial score (nSPS) is 10.5. The number of carbonyl (C=O) groups excluding carboxylic acids is 2. The molecular formula is C25H22N4O4. The topological polar surface area (TPSA) is 106 Å². The smallest absolute Gasteiger partial charge is 0.256 e. The second-order valence-electron chi connectivity index (χ2n) is 7.29. The van der Waals surface area contributed by atoms with E-state index in [1.54, 1.807) is 49.4 Å². The summed E-state index contributed by atoms with van der Waals surface area (Å²) >= 11 is 0.